The number of hydrogen-bond donors (Lipinski definition) is 2. The average molecular weight is 325 g/mol. The summed E-state index contributed by atoms with van der Waals surface area (Å²) in [6, 6.07) is 6.00. The van der Waals surface area contributed by atoms with Crippen molar-refractivity contribution in [1.82, 2.24) is 10.6 Å². The third-order valence-electron chi connectivity index (χ3n) is 2.60. The van der Waals surface area contributed by atoms with Gasteiger partial charge in [-0.1, -0.05) is 0 Å². The number of nitrogens with zero attached hydrogens (tertiary/aromatic N) is 1. The van der Waals surface area contributed by atoms with E-state index in [4.69, 9.17) is 0 Å². The van der Waals surface area contributed by atoms with Crippen molar-refractivity contribution in [2.24, 2.45) is 0 Å². The number of rotatable bonds is 7. The van der Waals surface area contributed by atoms with Crippen molar-refractivity contribution >= 4 is 29.3 Å². The standard InChI is InChI=1S/C14H19N3O4S/c1-9(2)16-13(18)8-15-14(19)10(3)22-12-6-4-11(5-7-12)17(20)21/h4-7,9-10H,8H2,1-3H3,(H,15,19)(H,16,18)/t10-/m0/s1. The molecule has 0 aromatic heterocycles. The van der Waals surface area contributed by atoms with Crippen molar-refractivity contribution in [3.63, 3.8) is 0 Å². The van der Waals surface area contributed by atoms with Crippen LogP contribution in [-0.2, 0) is 9.59 Å². The molecule has 0 radical (unpaired) electrons. The highest BCUT2D eigenvalue weighted by Crippen LogP contribution is 2.25. The van der Waals surface area contributed by atoms with Gasteiger partial charge in [0.2, 0.25) is 11.8 Å². The summed E-state index contributed by atoms with van der Waals surface area (Å²) < 4.78 is 0. The molecule has 0 saturated heterocycles. The number of non-ortho nitro benzene ring substituents is 1. The lowest BCUT2D eigenvalue weighted by atomic mass is 10.3. The van der Waals surface area contributed by atoms with Gasteiger partial charge in [-0.05, 0) is 32.9 Å². The number of amides is 2. The van der Waals surface area contributed by atoms with Crippen LogP contribution >= 0.6 is 11.8 Å². The maximum Gasteiger partial charge on any atom is 0.269 e. The number of thioether (sulfide) groups is 1. The number of nitro groups is 1. The molecule has 8 heteroatoms. The van der Waals surface area contributed by atoms with Gasteiger partial charge in [-0.25, -0.2) is 0 Å². The van der Waals surface area contributed by atoms with Crippen molar-refractivity contribution in [2.45, 2.75) is 37.0 Å². The van der Waals surface area contributed by atoms with Gasteiger partial charge in [-0.2, -0.15) is 0 Å². The summed E-state index contributed by atoms with van der Waals surface area (Å²) in [6.45, 7) is 5.32. The number of hydrogen-bond acceptors (Lipinski definition) is 5. The van der Waals surface area contributed by atoms with Crippen molar-refractivity contribution in [1.29, 1.82) is 0 Å². The van der Waals surface area contributed by atoms with E-state index in [2.05, 4.69) is 10.6 Å². The molecule has 0 heterocycles. The van der Waals surface area contributed by atoms with Gasteiger partial charge in [0, 0.05) is 23.1 Å². The van der Waals surface area contributed by atoms with E-state index in [0.717, 1.165) is 4.90 Å². The van der Waals surface area contributed by atoms with Crippen molar-refractivity contribution in [2.75, 3.05) is 6.54 Å². The Balaban J connectivity index is 2.46. The molecule has 0 aliphatic rings. The lowest BCUT2D eigenvalue weighted by molar-refractivity contribution is -0.384. The predicted molar refractivity (Wildman–Crippen MR) is 84.7 cm³/mol. The number of nitro benzene ring substituents is 1. The van der Waals surface area contributed by atoms with Crippen LogP contribution in [0.25, 0.3) is 0 Å². The third-order valence-corrected chi connectivity index (χ3v) is 3.71. The van der Waals surface area contributed by atoms with Crippen LogP contribution in [0.15, 0.2) is 29.2 Å². The van der Waals surface area contributed by atoms with Crippen LogP contribution < -0.4 is 10.6 Å². The SMILES string of the molecule is CC(C)NC(=O)CNC(=O)[C@H](C)Sc1ccc([N+](=O)[O-])cc1. The van der Waals surface area contributed by atoms with Crippen LogP contribution in [-0.4, -0.2) is 34.6 Å². The van der Waals surface area contributed by atoms with Crippen LogP contribution in [0.2, 0.25) is 0 Å². The molecule has 1 aromatic rings. The van der Waals surface area contributed by atoms with E-state index < -0.39 is 10.2 Å². The van der Waals surface area contributed by atoms with E-state index in [0.29, 0.717) is 0 Å². The summed E-state index contributed by atoms with van der Waals surface area (Å²) in [5.74, 6) is -0.502. The van der Waals surface area contributed by atoms with E-state index >= 15 is 0 Å². The Labute approximate surface area is 133 Å². The first kappa shape index (κ1) is 18.0. The third kappa shape index (κ3) is 6.13. The summed E-state index contributed by atoms with van der Waals surface area (Å²) in [5, 5.41) is 15.4. The molecule has 0 aliphatic heterocycles. The lowest BCUT2D eigenvalue weighted by Crippen LogP contribution is -2.41. The molecule has 0 aliphatic carbocycles. The molecular weight excluding hydrogens is 306 g/mol. The smallest absolute Gasteiger partial charge is 0.269 e. The molecule has 7 nitrogen and oxygen atoms in total. The second-order valence-corrected chi connectivity index (χ2v) is 6.37. The molecule has 0 unspecified atom stereocenters. The molecule has 22 heavy (non-hydrogen) atoms. The van der Waals surface area contributed by atoms with Gasteiger partial charge in [0.25, 0.3) is 5.69 Å². The summed E-state index contributed by atoms with van der Waals surface area (Å²) >= 11 is 1.27. The molecule has 0 spiro atoms. The molecule has 1 aromatic carbocycles. The number of carbonyl (C=O) groups excluding carboxylic acids is 2. The molecule has 0 saturated carbocycles. The van der Waals surface area contributed by atoms with Gasteiger partial charge >= 0.3 is 0 Å². The first-order valence-electron chi connectivity index (χ1n) is 6.77. The normalized spacial score (nSPS) is 11.8. The molecule has 120 valence electrons. The molecule has 1 atom stereocenters. The fourth-order valence-corrected chi connectivity index (χ4v) is 2.48. The Morgan fingerprint density at radius 1 is 1.23 bits per heavy atom. The van der Waals surface area contributed by atoms with E-state index in [1.165, 1.54) is 23.9 Å². The zero-order valence-electron chi connectivity index (χ0n) is 12.7. The van der Waals surface area contributed by atoms with Gasteiger partial charge in [0.15, 0.2) is 0 Å². The highest BCUT2D eigenvalue weighted by molar-refractivity contribution is 8.00. The maximum absolute atomic E-state index is 11.9. The molecule has 1 rings (SSSR count). The highest BCUT2D eigenvalue weighted by Gasteiger charge is 2.16. The first-order valence-corrected chi connectivity index (χ1v) is 7.65. The van der Waals surface area contributed by atoms with E-state index in [9.17, 15) is 19.7 Å². The zero-order chi connectivity index (χ0) is 16.7. The van der Waals surface area contributed by atoms with Crippen LogP contribution in [0.5, 0.6) is 0 Å². The van der Waals surface area contributed by atoms with Crippen LogP contribution in [0.4, 0.5) is 5.69 Å². The Hall–Kier alpha value is -2.09. The van der Waals surface area contributed by atoms with Gasteiger partial charge in [0.1, 0.15) is 0 Å². The average Bonchev–Trinajstić information content (AvgIpc) is 2.44. The van der Waals surface area contributed by atoms with Crippen molar-refractivity contribution in [3.8, 4) is 0 Å². The van der Waals surface area contributed by atoms with Crippen LogP contribution in [0.1, 0.15) is 20.8 Å². The molecule has 0 fully saturated rings. The quantitative estimate of drug-likeness (QED) is 0.451. The van der Waals surface area contributed by atoms with Gasteiger partial charge in [-0.15, -0.1) is 11.8 Å². The Kier molecular flexibility index (Phi) is 6.84. The second kappa shape index (κ2) is 8.38. The summed E-state index contributed by atoms with van der Waals surface area (Å²) in [4.78, 5) is 34.2. The van der Waals surface area contributed by atoms with E-state index in [1.54, 1.807) is 19.1 Å². The fraction of sp³-hybridized carbons (Fsp3) is 0.429. The Morgan fingerprint density at radius 3 is 2.32 bits per heavy atom. The summed E-state index contributed by atoms with van der Waals surface area (Å²) in [7, 11) is 0. The van der Waals surface area contributed by atoms with Crippen LogP contribution in [0, 0.1) is 10.1 Å². The lowest BCUT2D eigenvalue weighted by Gasteiger charge is -2.13. The Bertz CT molecular complexity index is 546. The molecule has 2 N–H and O–H groups in total. The zero-order valence-corrected chi connectivity index (χ0v) is 13.5. The predicted octanol–water partition coefficient (Wildman–Crippen LogP) is 1.72. The van der Waals surface area contributed by atoms with Gasteiger partial charge in [-0.3, -0.25) is 19.7 Å². The molecule has 2 amide bonds. The minimum absolute atomic E-state index is 0.00631. The monoisotopic (exact) mass is 325 g/mol. The van der Waals surface area contributed by atoms with Gasteiger partial charge < -0.3 is 10.6 Å². The first-order chi connectivity index (χ1) is 10.3. The largest absolute Gasteiger partial charge is 0.352 e. The summed E-state index contributed by atoms with van der Waals surface area (Å²) in [5.41, 5.74) is 0.00631. The molecular formula is C14H19N3O4S. The number of benzene rings is 1. The van der Waals surface area contributed by atoms with Crippen LogP contribution in [0.3, 0.4) is 0 Å². The van der Waals surface area contributed by atoms with E-state index in [1.807, 2.05) is 13.8 Å². The van der Waals surface area contributed by atoms with E-state index in [-0.39, 0.29) is 30.1 Å². The maximum atomic E-state index is 11.9. The number of carbonyl (C=O) groups is 2. The molecule has 0 bridgehead atoms. The minimum atomic E-state index is -0.474. The van der Waals surface area contributed by atoms with Gasteiger partial charge in [0.05, 0.1) is 16.7 Å². The fourth-order valence-electron chi connectivity index (χ4n) is 1.59. The van der Waals surface area contributed by atoms with Crippen molar-refractivity contribution in [3.05, 3.63) is 34.4 Å². The number of nitrogens with one attached hydrogen (secondary N) is 2. The highest BCUT2D eigenvalue weighted by atomic mass is 32.2. The second-order valence-electron chi connectivity index (χ2n) is 4.95. The summed E-state index contributed by atoms with van der Waals surface area (Å²) in [6.07, 6.45) is 0. The minimum Gasteiger partial charge on any atom is -0.352 e. The Morgan fingerprint density at radius 2 is 1.82 bits per heavy atom. The van der Waals surface area contributed by atoms with Crippen molar-refractivity contribution < 1.29 is 14.5 Å². The topological polar surface area (TPSA) is 101 Å².